The number of halogens is 1. The molecular formula is C18H16IN. The molecule has 0 amide bonds. The number of fused-ring (bicyclic) bond motifs is 1. The van der Waals surface area contributed by atoms with Crippen LogP contribution in [0.5, 0.6) is 0 Å². The van der Waals surface area contributed by atoms with Crippen molar-refractivity contribution in [1.82, 2.24) is 0 Å². The third-order valence-electron chi connectivity index (χ3n) is 3.54. The van der Waals surface area contributed by atoms with Crippen LogP contribution in [-0.4, -0.2) is 0 Å². The van der Waals surface area contributed by atoms with Crippen LogP contribution in [0.15, 0.2) is 66.7 Å². The Hall–Kier alpha value is -1.55. The lowest BCUT2D eigenvalue weighted by molar-refractivity contribution is 0.893. The molecule has 1 atom stereocenters. The number of hydrogen-bond donors (Lipinski definition) is 1. The first-order chi connectivity index (χ1) is 9.75. The standard InChI is InChI=1S/C18H16IN/c1-13(20-18-12-5-4-11-17(18)19)15-10-6-8-14-7-2-3-9-16(14)15/h2-13,20H,1H3. The molecule has 2 heteroatoms. The van der Waals surface area contributed by atoms with E-state index >= 15 is 0 Å². The van der Waals surface area contributed by atoms with Gasteiger partial charge in [-0.15, -0.1) is 0 Å². The number of nitrogens with one attached hydrogen (secondary N) is 1. The van der Waals surface area contributed by atoms with Crippen LogP contribution in [0.25, 0.3) is 10.8 Å². The van der Waals surface area contributed by atoms with Crippen LogP contribution >= 0.6 is 22.6 Å². The number of anilines is 1. The Kier molecular flexibility index (Phi) is 3.92. The molecule has 3 rings (SSSR count). The maximum Gasteiger partial charge on any atom is 0.0492 e. The van der Waals surface area contributed by atoms with Crippen LogP contribution in [0.2, 0.25) is 0 Å². The summed E-state index contributed by atoms with van der Waals surface area (Å²) in [7, 11) is 0. The lowest BCUT2D eigenvalue weighted by Gasteiger charge is -2.18. The van der Waals surface area contributed by atoms with Crippen LogP contribution in [0.1, 0.15) is 18.5 Å². The Bertz CT molecular complexity index is 731. The van der Waals surface area contributed by atoms with Gasteiger partial charge in [-0.25, -0.2) is 0 Å². The summed E-state index contributed by atoms with van der Waals surface area (Å²) in [4.78, 5) is 0. The summed E-state index contributed by atoms with van der Waals surface area (Å²) < 4.78 is 1.25. The molecular weight excluding hydrogens is 357 g/mol. The largest absolute Gasteiger partial charge is 0.378 e. The smallest absolute Gasteiger partial charge is 0.0492 e. The predicted molar refractivity (Wildman–Crippen MR) is 95.1 cm³/mol. The van der Waals surface area contributed by atoms with E-state index in [0.29, 0.717) is 0 Å². The van der Waals surface area contributed by atoms with E-state index in [2.05, 4.69) is 102 Å². The molecule has 0 aliphatic carbocycles. The van der Waals surface area contributed by atoms with Crippen LogP contribution in [0, 0.1) is 3.57 Å². The fourth-order valence-electron chi connectivity index (χ4n) is 2.52. The van der Waals surface area contributed by atoms with Crippen molar-refractivity contribution in [3.05, 3.63) is 75.9 Å². The van der Waals surface area contributed by atoms with Crippen molar-refractivity contribution in [3.63, 3.8) is 0 Å². The Morgan fingerprint density at radius 2 is 1.55 bits per heavy atom. The average molecular weight is 373 g/mol. The van der Waals surface area contributed by atoms with Gasteiger partial charge in [-0.2, -0.15) is 0 Å². The number of rotatable bonds is 3. The van der Waals surface area contributed by atoms with E-state index in [1.165, 1.54) is 25.6 Å². The molecule has 0 radical (unpaired) electrons. The highest BCUT2D eigenvalue weighted by atomic mass is 127. The summed E-state index contributed by atoms with van der Waals surface area (Å²) in [5, 5.41) is 6.22. The van der Waals surface area contributed by atoms with E-state index < -0.39 is 0 Å². The fourth-order valence-corrected chi connectivity index (χ4v) is 3.06. The van der Waals surface area contributed by atoms with E-state index in [9.17, 15) is 0 Å². The number of benzene rings is 3. The lowest BCUT2D eigenvalue weighted by Crippen LogP contribution is -2.08. The minimum absolute atomic E-state index is 0.275. The third-order valence-corrected chi connectivity index (χ3v) is 4.48. The highest BCUT2D eigenvalue weighted by Gasteiger charge is 2.10. The molecule has 1 unspecified atom stereocenters. The van der Waals surface area contributed by atoms with Gasteiger partial charge in [-0.05, 0) is 58.0 Å². The SMILES string of the molecule is CC(Nc1ccccc1I)c1cccc2ccccc12. The molecule has 1 N–H and O–H groups in total. The first-order valence-electron chi connectivity index (χ1n) is 6.74. The highest BCUT2D eigenvalue weighted by Crippen LogP contribution is 2.28. The lowest BCUT2D eigenvalue weighted by atomic mass is 9.99. The maximum atomic E-state index is 3.61. The Labute approximate surface area is 133 Å². The molecule has 20 heavy (non-hydrogen) atoms. The van der Waals surface area contributed by atoms with Crippen molar-refractivity contribution in [1.29, 1.82) is 0 Å². The summed E-state index contributed by atoms with van der Waals surface area (Å²) in [5.74, 6) is 0. The van der Waals surface area contributed by atoms with Gasteiger partial charge in [0.2, 0.25) is 0 Å². The quantitative estimate of drug-likeness (QED) is 0.588. The van der Waals surface area contributed by atoms with Gasteiger partial charge in [0.1, 0.15) is 0 Å². The van der Waals surface area contributed by atoms with Gasteiger partial charge in [-0.3, -0.25) is 0 Å². The molecule has 0 saturated carbocycles. The summed E-state index contributed by atoms with van der Waals surface area (Å²) >= 11 is 2.37. The Morgan fingerprint density at radius 1 is 0.850 bits per heavy atom. The third kappa shape index (κ3) is 2.66. The molecule has 100 valence electrons. The van der Waals surface area contributed by atoms with Gasteiger partial charge in [0.05, 0.1) is 0 Å². The van der Waals surface area contributed by atoms with Crippen molar-refractivity contribution in [3.8, 4) is 0 Å². The van der Waals surface area contributed by atoms with E-state index in [0.717, 1.165) is 0 Å². The topological polar surface area (TPSA) is 12.0 Å². The van der Waals surface area contributed by atoms with E-state index in [1.807, 2.05) is 0 Å². The van der Waals surface area contributed by atoms with Crippen LogP contribution in [0.4, 0.5) is 5.69 Å². The zero-order chi connectivity index (χ0) is 13.9. The molecule has 0 saturated heterocycles. The summed E-state index contributed by atoms with van der Waals surface area (Å²) in [6, 6.07) is 23.7. The Balaban J connectivity index is 1.97. The number of hydrogen-bond acceptors (Lipinski definition) is 1. The zero-order valence-electron chi connectivity index (χ0n) is 11.3. The minimum atomic E-state index is 0.275. The Morgan fingerprint density at radius 3 is 2.40 bits per heavy atom. The molecule has 0 aliphatic rings. The molecule has 0 aromatic heterocycles. The highest BCUT2D eigenvalue weighted by molar-refractivity contribution is 14.1. The van der Waals surface area contributed by atoms with Gasteiger partial charge < -0.3 is 5.32 Å². The van der Waals surface area contributed by atoms with E-state index in [4.69, 9.17) is 0 Å². The van der Waals surface area contributed by atoms with Crippen molar-refractivity contribution in [2.45, 2.75) is 13.0 Å². The minimum Gasteiger partial charge on any atom is -0.378 e. The summed E-state index contributed by atoms with van der Waals surface area (Å²) in [5.41, 5.74) is 2.52. The maximum absolute atomic E-state index is 3.61. The van der Waals surface area contributed by atoms with E-state index in [1.54, 1.807) is 0 Å². The second-order valence-electron chi connectivity index (χ2n) is 4.91. The molecule has 3 aromatic carbocycles. The zero-order valence-corrected chi connectivity index (χ0v) is 13.5. The summed E-state index contributed by atoms with van der Waals surface area (Å²) in [6.45, 7) is 2.21. The van der Waals surface area contributed by atoms with Gasteiger partial charge in [0.25, 0.3) is 0 Å². The molecule has 3 aromatic rings. The number of para-hydroxylation sites is 1. The fraction of sp³-hybridized carbons (Fsp3) is 0.111. The van der Waals surface area contributed by atoms with Crippen molar-refractivity contribution in [2.75, 3.05) is 5.32 Å². The molecule has 0 aliphatic heterocycles. The van der Waals surface area contributed by atoms with Gasteiger partial charge in [-0.1, -0.05) is 54.6 Å². The predicted octanol–water partition coefficient (Wildman–Crippen LogP) is 5.62. The first kappa shape index (κ1) is 13.4. The monoisotopic (exact) mass is 373 g/mol. The van der Waals surface area contributed by atoms with Crippen LogP contribution in [0.3, 0.4) is 0 Å². The average Bonchev–Trinajstić information content (AvgIpc) is 2.49. The normalized spacial score (nSPS) is 12.3. The van der Waals surface area contributed by atoms with Crippen LogP contribution < -0.4 is 5.32 Å². The van der Waals surface area contributed by atoms with Crippen molar-refractivity contribution in [2.24, 2.45) is 0 Å². The van der Waals surface area contributed by atoms with Crippen molar-refractivity contribution >= 4 is 39.1 Å². The molecule has 0 spiro atoms. The van der Waals surface area contributed by atoms with Gasteiger partial charge in [0, 0.05) is 15.3 Å². The molecule has 0 bridgehead atoms. The summed E-state index contributed by atoms with van der Waals surface area (Å²) in [6.07, 6.45) is 0. The molecule has 0 fully saturated rings. The second-order valence-corrected chi connectivity index (χ2v) is 6.08. The van der Waals surface area contributed by atoms with Gasteiger partial charge in [0.15, 0.2) is 0 Å². The van der Waals surface area contributed by atoms with Crippen LogP contribution in [-0.2, 0) is 0 Å². The van der Waals surface area contributed by atoms with E-state index in [-0.39, 0.29) is 6.04 Å². The second kappa shape index (κ2) is 5.83. The molecule has 0 heterocycles. The van der Waals surface area contributed by atoms with Crippen molar-refractivity contribution < 1.29 is 0 Å². The molecule has 1 nitrogen and oxygen atoms in total. The van der Waals surface area contributed by atoms with Gasteiger partial charge >= 0.3 is 0 Å². The first-order valence-corrected chi connectivity index (χ1v) is 7.82.